The summed E-state index contributed by atoms with van der Waals surface area (Å²) >= 11 is 0.821. The molecule has 0 spiro atoms. The van der Waals surface area contributed by atoms with Crippen molar-refractivity contribution >= 4 is 62.8 Å². The average Bonchev–Trinajstić information content (AvgIpc) is 2.13. The second-order valence-electron chi connectivity index (χ2n) is 7.97. The van der Waals surface area contributed by atoms with Gasteiger partial charge < -0.3 is 0 Å². The van der Waals surface area contributed by atoms with Gasteiger partial charge in [-0.2, -0.15) is 0 Å². The predicted molar refractivity (Wildman–Crippen MR) is 87.4 cm³/mol. The summed E-state index contributed by atoms with van der Waals surface area (Å²) in [7, 11) is 0. The quantitative estimate of drug-likeness (QED) is 0.358. The van der Waals surface area contributed by atoms with Crippen LogP contribution in [0.1, 0.15) is 41.5 Å². The van der Waals surface area contributed by atoms with E-state index >= 15 is 0 Å². The molecule has 0 nitrogen and oxygen atoms in total. The molecule has 0 radical (unpaired) electrons. The summed E-state index contributed by atoms with van der Waals surface area (Å²) in [4.78, 5) is 0. The number of rotatable bonds is 0. The standard InChI is InChI=1S/C15H30Te3/c1-13(2)7-16-9-14(3,4)11-18-12-15(5,6)10-17-8-13/h7-12H2,1-6H3. The molecular formula is C15H30Te3. The zero-order valence-electron chi connectivity index (χ0n) is 13.0. The molecule has 3 heteroatoms. The Morgan fingerprint density at radius 1 is 0.444 bits per heavy atom. The molecule has 1 rings (SSSR count). The van der Waals surface area contributed by atoms with Gasteiger partial charge in [-0.05, 0) is 0 Å². The summed E-state index contributed by atoms with van der Waals surface area (Å²) in [5.74, 6) is 0. The Balaban J connectivity index is 2.63. The van der Waals surface area contributed by atoms with Gasteiger partial charge in [0.05, 0.1) is 0 Å². The van der Waals surface area contributed by atoms with Crippen LogP contribution in [-0.4, -0.2) is 62.8 Å². The van der Waals surface area contributed by atoms with Crippen LogP contribution in [0.25, 0.3) is 0 Å². The van der Waals surface area contributed by atoms with Crippen molar-refractivity contribution in [3.8, 4) is 0 Å². The van der Waals surface area contributed by atoms with E-state index in [1.54, 1.807) is 26.8 Å². The molecule has 0 N–H and O–H groups in total. The second-order valence-corrected chi connectivity index (χ2v) is 16.4. The van der Waals surface area contributed by atoms with Gasteiger partial charge in [-0.1, -0.05) is 0 Å². The maximum atomic E-state index is 2.54. The molecule has 1 aliphatic heterocycles. The molecule has 1 fully saturated rings. The van der Waals surface area contributed by atoms with Crippen molar-refractivity contribution in [2.24, 2.45) is 16.2 Å². The molecule has 0 bridgehead atoms. The van der Waals surface area contributed by atoms with Gasteiger partial charge in [0.15, 0.2) is 0 Å². The molecule has 0 aliphatic carbocycles. The zero-order chi connectivity index (χ0) is 13.9. The minimum absolute atomic E-state index is 0.274. The SMILES string of the molecule is CC1(C)C[Te]CC(C)(C)C[Te]CC(C)(C)C[Te]C1. The van der Waals surface area contributed by atoms with E-state index in [0.29, 0.717) is 16.2 Å². The van der Waals surface area contributed by atoms with Crippen LogP contribution in [0.2, 0.25) is 26.8 Å². The molecule has 18 heavy (non-hydrogen) atoms. The van der Waals surface area contributed by atoms with Crippen molar-refractivity contribution in [2.75, 3.05) is 0 Å². The first-order valence-corrected chi connectivity index (χ1v) is 16.7. The summed E-state index contributed by atoms with van der Waals surface area (Å²) in [5, 5.41) is 0. The summed E-state index contributed by atoms with van der Waals surface area (Å²) in [6, 6.07) is 0. The van der Waals surface area contributed by atoms with E-state index < -0.39 is 0 Å². The molecule has 0 aromatic heterocycles. The van der Waals surface area contributed by atoms with Gasteiger partial charge in [-0.15, -0.1) is 0 Å². The van der Waals surface area contributed by atoms with Crippen LogP contribution >= 0.6 is 0 Å². The fourth-order valence-electron chi connectivity index (χ4n) is 1.94. The van der Waals surface area contributed by atoms with Gasteiger partial charge in [-0.25, -0.2) is 0 Å². The number of hydrogen-bond donors (Lipinski definition) is 0. The Morgan fingerprint density at radius 2 is 0.611 bits per heavy atom. The van der Waals surface area contributed by atoms with Crippen LogP contribution in [0.15, 0.2) is 0 Å². The third-order valence-corrected chi connectivity index (χ3v) is 19.8. The van der Waals surface area contributed by atoms with Crippen LogP contribution < -0.4 is 0 Å². The Hall–Kier alpha value is 2.37. The molecular weight excluding hydrogens is 563 g/mol. The number of hydrogen-bond acceptors (Lipinski definition) is 0. The Kier molecular flexibility index (Phi) is 7.75. The van der Waals surface area contributed by atoms with Crippen LogP contribution in [0, 0.1) is 16.2 Å². The molecule has 0 aromatic rings. The molecule has 0 amide bonds. The second kappa shape index (κ2) is 7.58. The monoisotopic (exact) mass is 600 g/mol. The van der Waals surface area contributed by atoms with E-state index in [-0.39, 0.29) is 62.8 Å². The van der Waals surface area contributed by atoms with Crippen LogP contribution in [-0.2, 0) is 0 Å². The third-order valence-electron chi connectivity index (χ3n) is 2.96. The first kappa shape index (κ1) is 18.4. The van der Waals surface area contributed by atoms with Crippen LogP contribution in [0.5, 0.6) is 0 Å². The Bertz CT molecular complexity index is 196. The molecule has 108 valence electrons. The van der Waals surface area contributed by atoms with Gasteiger partial charge >= 0.3 is 147 Å². The van der Waals surface area contributed by atoms with Gasteiger partial charge in [-0.3, -0.25) is 0 Å². The normalized spacial score (nSPS) is 29.0. The average molecular weight is 593 g/mol. The zero-order valence-corrected chi connectivity index (χ0v) is 20.0. The molecule has 0 saturated carbocycles. The topological polar surface area (TPSA) is 0 Å². The fraction of sp³-hybridized carbons (Fsp3) is 1.00. The molecule has 1 aliphatic rings. The third kappa shape index (κ3) is 7.97. The Morgan fingerprint density at radius 3 is 0.778 bits per heavy atom. The van der Waals surface area contributed by atoms with E-state index in [1.165, 1.54) is 0 Å². The van der Waals surface area contributed by atoms with Gasteiger partial charge in [0.25, 0.3) is 0 Å². The van der Waals surface area contributed by atoms with Crippen molar-refractivity contribution in [1.29, 1.82) is 0 Å². The van der Waals surface area contributed by atoms with Crippen molar-refractivity contribution < 1.29 is 0 Å². The van der Waals surface area contributed by atoms with E-state index in [1.807, 2.05) is 0 Å². The molecule has 1 heterocycles. The van der Waals surface area contributed by atoms with E-state index in [9.17, 15) is 0 Å². The van der Waals surface area contributed by atoms with Crippen molar-refractivity contribution in [2.45, 2.75) is 68.4 Å². The van der Waals surface area contributed by atoms with Crippen LogP contribution in [0.3, 0.4) is 0 Å². The summed E-state index contributed by atoms with van der Waals surface area (Å²) < 4.78 is 9.54. The van der Waals surface area contributed by atoms with Crippen LogP contribution in [0.4, 0.5) is 0 Å². The van der Waals surface area contributed by atoms with E-state index in [0.717, 1.165) is 0 Å². The van der Waals surface area contributed by atoms with E-state index in [4.69, 9.17) is 0 Å². The van der Waals surface area contributed by atoms with Crippen molar-refractivity contribution in [1.82, 2.24) is 0 Å². The first-order valence-electron chi connectivity index (χ1n) is 6.85. The fourth-order valence-corrected chi connectivity index (χ4v) is 17.8. The summed E-state index contributed by atoms with van der Waals surface area (Å²) in [6.45, 7) is 15.3. The first-order chi connectivity index (χ1) is 8.12. The van der Waals surface area contributed by atoms with Gasteiger partial charge in [0.2, 0.25) is 0 Å². The van der Waals surface area contributed by atoms with Crippen molar-refractivity contribution in [3.05, 3.63) is 0 Å². The summed E-state index contributed by atoms with van der Waals surface area (Å²) in [5.41, 5.74) is 2.06. The Labute approximate surface area is 145 Å². The van der Waals surface area contributed by atoms with E-state index in [2.05, 4.69) is 41.5 Å². The van der Waals surface area contributed by atoms with Gasteiger partial charge in [0.1, 0.15) is 0 Å². The maximum absolute atomic E-state index is 2.54. The summed E-state index contributed by atoms with van der Waals surface area (Å²) in [6.07, 6.45) is 0. The predicted octanol–water partition coefficient (Wildman–Crippen LogP) is 4.70. The molecule has 1 saturated heterocycles. The van der Waals surface area contributed by atoms with Crippen molar-refractivity contribution in [3.63, 3.8) is 0 Å². The molecule has 0 atom stereocenters. The molecule has 0 unspecified atom stereocenters. The van der Waals surface area contributed by atoms with Gasteiger partial charge in [0, 0.05) is 0 Å². The minimum atomic E-state index is 0.274. The molecule has 0 aromatic carbocycles.